The zero-order valence-corrected chi connectivity index (χ0v) is 19.9. The summed E-state index contributed by atoms with van der Waals surface area (Å²) in [5.74, 6) is 0.815. The highest BCUT2D eigenvalue weighted by atomic mass is 79.9. The molecule has 2 aromatic carbocycles. The second-order valence-electron chi connectivity index (χ2n) is 7.92. The highest BCUT2D eigenvalue weighted by molar-refractivity contribution is 5.74. The molecule has 0 unspecified atom stereocenters. The van der Waals surface area contributed by atoms with E-state index in [2.05, 4.69) is 0 Å². The Kier molecular flexibility index (Phi) is 8.61. The number of carbonyl (C=O) groups excluding carboxylic acids is 2. The van der Waals surface area contributed by atoms with Gasteiger partial charge in [0.05, 0.1) is 0 Å². The second-order valence-corrected chi connectivity index (χ2v) is 7.92. The fourth-order valence-corrected chi connectivity index (χ4v) is 4.27. The number of quaternary nitrogens is 2. The van der Waals surface area contributed by atoms with Crippen LogP contribution in [0.4, 0.5) is 0 Å². The van der Waals surface area contributed by atoms with Gasteiger partial charge in [0.15, 0.2) is 13.1 Å². The van der Waals surface area contributed by atoms with Gasteiger partial charge in [-0.25, -0.2) is 9.59 Å². The molecule has 2 aromatic rings. The van der Waals surface area contributed by atoms with Gasteiger partial charge in [-0.15, -0.1) is 0 Å². The topological polar surface area (TPSA) is 52.6 Å². The Labute approximate surface area is 198 Å². The van der Waals surface area contributed by atoms with Gasteiger partial charge in [0, 0.05) is 0 Å². The fraction of sp³-hybridized carbons (Fsp3) is 0.364. The van der Waals surface area contributed by atoms with E-state index in [0.29, 0.717) is 24.6 Å². The van der Waals surface area contributed by atoms with E-state index in [1.807, 2.05) is 36.4 Å². The summed E-state index contributed by atoms with van der Waals surface area (Å²) in [4.78, 5) is 24.8. The van der Waals surface area contributed by atoms with Crippen LogP contribution in [0.15, 0.2) is 60.7 Å². The molecule has 0 amide bonds. The average Bonchev–Trinajstić information content (AvgIpc) is 2.70. The summed E-state index contributed by atoms with van der Waals surface area (Å²) in [6.45, 7) is 6.13. The Balaban J connectivity index is 0.00000160. The molecular formula is C22H26Br2N2O4. The van der Waals surface area contributed by atoms with Crippen molar-refractivity contribution in [2.45, 2.75) is 0 Å². The molecule has 3 heterocycles. The lowest BCUT2D eigenvalue weighted by molar-refractivity contribution is -1.07. The number of ether oxygens (including phenoxy) is 2. The van der Waals surface area contributed by atoms with Crippen molar-refractivity contribution in [2.75, 3.05) is 52.4 Å². The lowest BCUT2D eigenvalue weighted by Gasteiger charge is -2.54. The fourth-order valence-electron chi connectivity index (χ4n) is 4.27. The first-order valence-electron chi connectivity index (χ1n) is 9.78. The van der Waals surface area contributed by atoms with E-state index >= 15 is 0 Å². The number of esters is 2. The minimum atomic E-state index is -0.184. The zero-order chi connectivity index (χ0) is 19.5. The minimum Gasteiger partial charge on any atom is -1.00 e. The Morgan fingerprint density at radius 3 is 1.20 bits per heavy atom. The van der Waals surface area contributed by atoms with Crippen molar-refractivity contribution < 1.29 is 62.0 Å². The molecule has 5 rings (SSSR count). The first-order chi connectivity index (χ1) is 13.6. The second kappa shape index (κ2) is 10.5. The van der Waals surface area contributed by atoms with Crippen molar-refractivity contribution in [3.8, 4) is 11.5 Å². The van der Waals surface area contributed by atoms with Crippen molar-refractivity contribution in [1.29, 1.82) is 0 Å². The number of rotatable bonds is 6. The van der Waals surface area contributed by atoms with Gasteiger partial charge in [0.1, 0.15) is 50.8 Å². The van der Waals surface area contributed by atoms with Crippen LogP contribution in [0.25, 0.3) is 0 Å². The molecule has 6 nitrogen and oxygen atoms in total. The first-order valence-corrected chi connectivity index (χ1v) is 9.78. The Morgan fingerprint density at radius 2 is 0.900 bits per heavy atom. The summed E-state index contributed by atoms with van der Waals surface area (Å²) >= 11 is 0. The molecule has 8 heteroatoms. The molecule has 0 atom stereocenters. The third-order valence-electron chi connectivity index (χ3n) is 6.02. The zero-order valence-electron chi connectivity index (χ0n) is 16.7. The standard InChI is InChI=1S/C22H26N2O4.2BrH/c25-21(27-19-7-3-1-4-8-19)17-23-11-14-24(15-12-23,16-13-23)18-22(26)28-20-9-5-2-6-10-20;;/h1-10H,11-18H2;2*1H/q+2;;/p-2. The summed E-state index contributed by atoms with van der Waals surface area (Å²) in [6.07, 6.45) is 0. The number of para-hydroxylation sites is 2. The highest BCUT2D eigenvalue weighted by Gasteiger charge is 2.51. The summed E-state index contributed by atoms with van der Waals surface area (Å²) < 4.78 is 12.5. The van der Waals surface area contributed by atoms with Crippen LogP contribution >= 0.6 is 0 Å². The van der Waals surface area contributed by atoms with Gasteiger partial charge in [0.2, 0.25) is 0 Å². The van der Waals surface area contributed by atoms with Crippen LogP contribution in [-0.2, 0) is 9.59 Å². The first kappa shape index (κ1) is 24.5. The summed E-state index contributed by atoms with van der Waals surface area (Å²) in [7, 11) is 0. The van der Waals surface area contributed by atoms with E-state index in [0.717, 1.165) is 48.2 Å². The third-order valence-corrected chi connectivity index (χ3v) is 6.02. The van der Waals surface area contributed by atoms with Gasteiger partial charge in [0.25, 0.3) is 0 Å². The van der Waals surface area contributed by atoms with Crippen molar-refractivity contribution in [1.82, 2.24) is 0 Å². The van der Waals surface area contributed by atoms with Crippen LogP contribution in [0.1, 0.15) is 0 Å². The monoisotopic (exact) mass is 540 g/mol. The molecule has 2 bridgehead atoms. The Bertz CT molecular complexity index is 753. The van der Waals surface area contributed by atoms with Crippen LogP contribution < -0.4 is 43.4 Å². The molecule has 3 aliphatic heterocycles. The molecule has 3 fully saturated rings. The van der Waals surface area contributed by atoms with E-state index in [9.17, 15) is 9.59 Å². The van der Waals surface area contributed by atoms with E-state index in [1.54, 1.807) is 24.3 Å². The third kappa shape index (κ3) is 5.91. The van der Waals surface area contributed by atoms with Gasteiger partial charge in [-0.05, 0) is 24.3 Å². The van der Waals surface area contributed by atoms with Crippen molar-refractivity contribution in [2.24, 2.45) is 0 Å². The molecule has 30 heavy (non-hydrogen) atoms. The smallest absolute Gasteiger partial charge is 0.367 e. The van der Waals surface area contributed by atoms with Crippen LogP contribution in [-0.4, -0.2) is 73.3 Å². The number of halogens is 2. The molecule has 0 saturated carbocycles. The molecule has 0 spiro atoms. The molecule has 0 aromatic heterocycles. The summed E-state index contributed by atoms with van der Waals surface area (Å²) in [5, 5.41) is 0. The Morgan fingerprint density at radius 1 is 0.600 bits per heavy atom. The minimum absolute atomic E-state index is 0. The average molecular weight is 542 g/mol. The number of hydrogen-bond acceptors (Lipinski definition) is 4. The maximum Gasteiger partial charge on any atom is 0.367 e. The van der Waals surface area contributed by atoms with Crippen LogP contribution in [0, 0.1) is 0 Å². The molecular weight excluding hydrogens is 516 g/mol. The van der Waals surface area contributed by atoms with Crippen LogP contribution in [0.5, 0.6) is 11.5 Å². The molecule has 3 aliphatic rings. The maximum atomic E-state index is 12.4. The SMILES string of the molecule is O=C(C[N+]12CC[N+](CC(=O)Oc3ccccc3)(CC1)CC2)Oc1ccccc1.[Br-].[Br-]. The lowest BCUT2D eigenvalue weighted by atomic mass is 10.1. The molecule has 3 saturated heterocycles. The van der Waals surface area contributed by atoms with E-state index in [4.69, 9.17) is 9.47 Å². The summed E-state index contributed by atoms with van der Waals surface area (Å²) in [5.41, 5.74) is 0. The quantitative estimate of drug-likeness (QED) is 0.212. The normalized spacial score (nSPS) is 24.1. The number of fused-ring (bicyclic) bond motifs is 3. The van der Waals surface area contributed by atoms with Gasteiger partial charge in [-0.3, -0.25) is 0 Å². The van der Waals surface area contributed by atoms with Crippen molar-refractivity contribution >= 4 is 11.9 Å². The number of piperazine rings is 3. The van der Waals surface area contributed by atoms with Gasteiger partial charge >= 0.3 is 11.9 Å². The lowest BCUT2D eigenvalue weighted by Crippen LogP contribution is -3.00. The Hall–Kier alpha value is -1.74. The number of benzene rings is 2. The van der Waals surface area contributed by atoms with E-state index in [-0.39, 0.29) is 45.9 Å². The largest absolute Gasteiger partial charge is 1.00 e. The van der Waals surface area contributed by atoms with E-state index < -0.39 is 0 Å². The van der Waals surface area contributed by atoms with Gasteiger partial charge < -0.3 is 52.4 Å². The number of hydrogen-bond donors (Lipinski definition) is 0. The van der Waals surface area contributed by atoms with E-state index in [1.165, 1.54) is 0 Å². The molecule has 0 radical (unpaired) electrons. The van der Waals surface area contributed by atoms with Gasteiger partial charge in [-0.2, -0.15) is 0 Å². The van der Waals surface area contributed by atoms with Crippen molar-refractivity contribution in [3.05, 3.63) is 60.7 Å². The maximum absolute atomic E-state index is 12.4. The number of nitrogens with zero attached hydrogens (tertiary/aromatic N) is 2. The predicted molar refractivity (Wildman–Crippen MR) is 104 cm³/mol. The highest BCUT2D eigenvalue weighted by Crippen LogP contribution is 2.27. The predicted octanol–water partition coefficient (Wildman–Crippen LogP) is -4.13. The summed E-state index contributed by atoms with van der Waals surface area (Å²) in [6, 6.07) is 18.4. The van der Waals surface area contributed by atoms with Crippen LogP contribution in [0.3, 0.4) is 0 Å². The van der Waals surface area contributed by atoms with Gasteiger partial charge in [-0.1, -0.05) is 36.4 Å². The molecule has 0 aliphatic carbocycles. The number of carbonyl (C=O) groups is 2. The van der Waals surface area contributed by atoms with Crippen molar-refractivity contribution in [3.63, 3.8) is 0 Å². The molecule has 162 valence electrons. The molecule has 0 N–H and O–H groups in total. The van der Waals surface area contributed by atoms with Crippen LogP contribution in [0.2, 0.25) is 0 Å².